The lowest BCUT2D eigenvalue weighted by Gasteiger charge is -2.31. The molecule has 5 nitrogen and oxygen atoms in total. The van der Waals surface area contributed by atoms with Crippen molar-refractivity contribution in [1.29, 1.82) is 0 Å². The zero-order valence-electron chi connectivity index (χ0n) is 18.6. The first-order valence-corrected chi connectivity index (χ1v) is 10.4. The number of halogens is 1. The molecule has 0 saturated heterocycles. The molecule has 0 aliphatic rings. The number of hydrogen-bond donors (Lipinski definition) is 1. The summed E-state index contributed by atoms with van der Waals surface area (Å²) in [4.78, 5) is 27.4. The molecule has 0 bridgehead atoms. The second-order valence-corrected chi connectivity index (χ2v) is 9.12. The monoisotopic (exact) mass is 430 g/mol. The van der Waals surface area contributed by atoms with Gasteiger partial charge in [0.25, 0.3) is 5.91 Å². The van der Waals surface area contributed by atoms with Crippen LogP contribution in [0.25, 0.3) is 0 Å². The molecule has 0 saturated carbocycles. The van der Waals surface area contributed by atoms with Gasteiger partial charge in [-0.25, -0.2) is 0 Å². The summed E-state index contributed by atoms with van der Waals surface area (Å²) in [6.07, 6.45) is 0. The van der Waals surface area contributed by atoms with Crippen LogP contribution in [0.2, 0.25) is 5.02 Å². The maximum Gasteiger partial charge on any atom is 0.261 e. The van der Waals surface area contributed by atoms with Crippen LogP contribution in [0.15, 0.2) is 42.5 Å². The number of nitrogens with one attached hydrogen (secondary N) is 1. The Balaban J connectivity index is 2.20. The van der Waals surface area contributed by atoms with Crippen molar-refractivity contribution in [3.8, 4) is 5.75 Å². The minimum Gasteiger partial charge on any atom is -0.484 e. The Morgan fingerprint density at radius 2 is 1.73 bits per heavy atom. The van der Waals surface area contributed by atoms with Crippen molar-refractivity contribution in [2.45, 2.75) is 59.7 Å². The lowest BCUT2D eigenvalue weighted by molar-refractivity contribution is -0.142. The van der Waals surface area contributed by atoms with Gasteiger partial charge in [-0.3, -0.25) is 9.59 Å². The molecule has 162 valence electrons. The van der Waals surface area contributed by atoms with Crippen molar-refractivity contribution in [3.05, 3.63) is 64.2 Å². The summed E-state index contributed by atoms with van der Waals surface area (Å²) in [5.74, 6) is 0.144. The molecular weight excluding hydrogens is 400 g/mol. The van der Waals surface area contributed by atoms with E-state index in [1.54, 1.807) is 19.1 Å². The first-order chi connectivity index (χ1) is 13.9. The van der Waals surface area contributed by atoms with E-state index in [-0.39, 0.29) is 25.0 Å². The van der Waals surface area contributed by atoms with E-state index < -0.39 is 11.6 Å². The highest BCUT2D eigenvalue weighted by Gasteiger charge is 2.28. The molecule has 0 radical (unpaired) electrons. The van der Waals surface area contributed by atoms with Crippen molar-refractivity contribution in [2.24, 2.45) is 0 Å². The summed E-state index contributed by atoms with van der Waals surface area (Å²) < 4.78 is 5.75. The van der Waals surface area contributed by atoms with E-state index in [2.05, 4.69) is 5.32 Å². The summed E-state index contributed by atoms with van der Waals surface area (Å²) in [6.45, 7) is 11.5. The number of hydrogen-bond acceptors (Lipinski definition) is 3. The van der Waals surface area contributed by atoms with Gasteiger partial charge in [-0.2, -0.15) is 0 Å². The highest BCUT2D eigenvalue weighted by Crippen LogP contribution is 2.18. The van der Waals surface area contributed by atoms with Crippen molar-refractivity contribution in [2.75, 3.05) is 6.61 Å². The predicted molar refractivity (Wildman–Crippen MR) is 121 cm³/mol. The molecule has 1 atom stereocenters. The quantitative estimate of drug-likeness (QED) is 0.694. The Bertz CT molecular complexity index is 885. The highest BCUT2D eigenvalue weighted by molar-refractivity contribution is 6.30. The van der Waals surface area contributed by atoms with Crippen LogP contribution in [0, 0.1) is 13.8 Å². The van der Waals surface area contributed by atoms with Crippen molar-refractivity contribution < 1.29 is 14.3 Å². The third kappa shape index (κ3) is 7.38. The largest absolute Gasteiger partial charge is 0.484 e. The normalized spacial score (nSPS) is 12.2. The SMILES string of the molecule is Cc1cc(C)cc(OCC(=O)N(Cc2cccc(Cl)c2)[C@@H](C)C(=O)NC(C)(C)C)c1. The van der Waals surface area contributed by atoms with E-state index in [1.165, 1.54) is 4.90 Å². The van der Waals surface area contributed by atoms with Gasteiger partial charge in [-0.05, 0) is 82.5 Å². The van der Waals surface area contributed by atoms with Crippen LogP contribution in [0.3, 0.4) is 0 Å². The summed E-state index contributed by atoms with van der Waals surface area (Å²) in [5, 5.41) is 3.52. The average Bonchev–Trinajstić information content (AvgIpc) is 2.61. The first-order valence-electron chi connectivity index (χ1n) is 10.0. The van der Waals surface area contributed by atoms with Gasteiger partial charge >= 0.3 is 0 Å². The van der Waals surface area contributed by atoms with E-state index in [4.69, 9.17) is 16.3 Å². The topological polar surface area (TPSA) is 58.6 Å². The number of carbonyl (C=O) groups is 2. The van der Waals surface area contributed by atoms with Gasteiger partial charge in [0, 0.05) is 17.1 Å². The van der Waals surface area contributed by atoms with Crippen molar-refractivity contribution in [1.82, 2.24) is 10.2 Å². The lowest BCUT2D eigenvalue weighted by Crippen LogP contribution is -2.53. The van der Waals surface area contributed by atoms with Gasteiger partial charge in [0.05, 0.1) is 0 Å². The van der Waals surface area contributed by atoms with Crippen LogP contribution in [0.4, 0.5) is 0 Å². The molecule has 2 aromatic carbocycles. The fraction of sp³-hybridized carbons (Fsp3) is 0.417. The Morgan fingerprint density at radius 3 is 2.30 bits per heavy atom. The Labute approximate surface area is 184 Å². The van der Waals surface area contributed by atoms with Gasteiger partial charge in [0.15, 0.2) is 6.61 Å². The smallest absolute Gasteiger partial charge is 0.261 e. The molecule has 0 aliphatic heterocycles. The van der Waals surface area contributed by atoms with Gasteiger partial charge in [0.2, 0.25) is 5.91 Å². The second-order valence-electron chi connectivity index (χ2n) is 8.68. The molecule has 0 unspecified atom stereocenters. The molecule has 2 rings (SSSR count). The van der Waals surface area contributed by atoms with Crippen LogP contribution in [-0.2, 0) is 16.1 Å². The summed E-state index contributed by atoms with van der Waals surface area (Å²) in [7, 11) is 0. The third-order valence-electron chi connectivity index (χ3n) is 4.46. The molecule has 0 aromatic heterocycles. The van der Waals surface area contributed by atoms with Crippen LogP contribution in [-0.4, -0.2) is 34.9 Å². The standard InChI is InChI=1S/C24H31ClN2O3/c1-16-10-17(2)12-21(11-16)30-15-22(28)27(14-19-8-7-9-20(25)13-19)18(3)23(29)26-24(4,5)6/h7-13,18H,14-15H2,1-6H3,(H,26,29)/t18-/m0/s1. The molecule has 2 amide bonds. The van der Waals surface area contributed by atoms with E-state index in [0.29, 0.717) is 10.8 Å². The predicted octanol–water partition coefficient (Wildman–Crippen LogP) is 4.67. The Hall–Kier alpha value is -2.53. The zero-order valence-corrected chi connectivity index (χ0v) is 19.3. The maximum atomic E-state index is 13.1. The van der Waals surface area contributed by atoms with Crippen molar-refractivity contribution in [3.63, 3.8) is 0 Å². The first kappa shape index (κ1) is 23.7. The molecule has 0 spiro atoms. The lowest BCUT2D eigenvalue weighted by atomic mass is 10.1. The zero-order chi connectivity index (χ0) is 22.5. The second kappa shape index (κ2) is 9.98. The molecule has 0 fully saturated rings. The molecule has 0 aliphatic carbocycles. The van der Waals surface area contributed by atoms with E-state index >= 15 is 0 Å². The summed E-state index contributed by atoms with van der Waals surface area (Å²) >= 11 is 6.10. The summed E-state index contributed by atoms with van der Waals surface area (Å²) in [6, 6.07) is 12.4. The highest BCUT2D eigenvalue weighted by atomic mass is 35.5. The minimum atomic E-state index is -0.668. The van der Waals surface area contributed by atoms with E-state index in [0.717, 1.165) is 16.7 Å². The fourth-order valence-electron chi connectivity index (χ4n) is 3.13. The van der Waals surface area contributed by atoms with Crippen molar-refractivity contribution >= 4 is 23.4 Å². The summed E-state index contributed by atoms with van der Waals surface area (Å²) in [5.41, 5.74) is 2.57. The van der Waals surface area contributed by atoms with Crippen LogP contribution in [0.1, 0.15) is 44.4 Å². The number of carbonyl (C=O) groups excluding carboxylic acids is 2. The number of nitrogens with zero attached hydrogens (tertiary/aromatic N) is 1. The number of rotatable bonds is 7. The molecule has 2 aromatic rings. The Morgan fingerprint density at radius 1 is 1.10 bits per heavy atom. The molecule has 6 heteroatoms. The number of ether oxygens (including phenoxy) is 1. The minimum absolute atomic E-state index is 0.156. The van der Waals surface area contributed by atoms with E-state index in [1.807, 2.05) is 65.0 Å². The fourth-order valence-corrected chi connectivity index (χ4v) is 3.35. The van der Waals surface area contributed by atoms with Crippen LogP contribution >= 0.6 is 11.6 Å². The third-order valence-corrected chi connectivity index (χ3v) is 4.70. The van der Waals surface area contributed by atoms with Crippen LogP contribution in [0.5, 0.6) is 5.75 Å². The van der Waals surface area contributed by atoms with E-state index in [9.17, 15) is 9.59 Å². The molecular formula is C24H31ClN2O3. The number of benzene rings is 2. The maximum absolute atomic E-state index is 13.1. The Kier molecular flexibility index (Phi) is 7.90. The van der Waals surface area contributed by atoms with Crippen LogP contribution < -0.4 is 10.1 Å². The average molecular weight is 431 g/mol. The van der Waals surface area contributed by atoms with Gasteiger partial charge in [0.1, 0.15) is 11.8 Å². The molecule has 0 heterocycles. The van der Waals surface area contributed by atoms with Gasteiger partial charge in [-0.1, -0.05) is 29.8 Å². The van der Waals surface area contributed by atoms with Gasteiger partial charge in [-0.15, -0.1) is 0 Å². The molecule has 30 heavy (non-hydrogen) atoms. The molecule has 1 N–H and O–H groups in total. The number of aryl methyl sites for hydroxylation is 2. The number of amides is 2. The van der Waals surface area contributed by atoms with Gasteiger partial charge < -0.3 is 15.0 Å².